The van der Waals surface area contributed by atoms with E-state index in [2.05, 4.69) is 37.0 Å². The van der Waals surface area contributed by atoms with E-state index in [1.807, 2.05) is 18.3 Å². The molecule has 17 heavy (non-hydrogen) atoms. The summed E-state index contributed by atoms with van der Waals surface area (Å²) >= 11 is 0. The number of pyridine rings is 1. The van der Waals surface area contributed by atoms with Crippen molar-refractivity contribution in [3.05, 3.63) is 42.1 Å². The van der Waals surface area contributed by atoms with Gasteiger partial charge in [-0.2, -0.15) is 0 Å². The molecule has 2 aromatic rings. The fourth-order valence-electron chi connectivity index (χ4n) is 3.09. The van der Waals surface area contributed by atoms with Crippen LogP contribution in [0.5, 0.6) is 0 Å². The average Bonchev–Trinajstić information content (AvgIpc) is 2.90. The van der Waals surface area contributed by atoms with Gasteiger partial charge in [-0.25, -0.2) is 0 Å². The Kier molecular flexibility index (Phi) is 2.23. The molecule has 0 radical (unpaired) electrons. The molecule has 1 aliphatic rings. The van der Waals surface area contributed by atoms with Crippen LogP contribution in [0.4, 0.5) is 0 Å². The number of aromatic nitrogens is 1. The van der Waals surface area contributed by atoms with Crippen molar-refractivity contribution in [2.45, 2.75) is 19.8 Å². The van der Waals surface area contributed by atoms with Crippen molar-refractivity contribution in [2.75, 3.05) is 6.61 Å². The second-order valence-corrected chi connectivity index (χ2v) is 5.51. The largest absolute Gasteiger partial charge is 0.396 e. The summed E-state index contributed by atoms with van der Waals surface area (Å²) in [6.45, 7) is 4.73. The molecular formula is C15H17NO. The number of aliphatic hydroxyl groups excluding tert-OH is 1. The van der Waals surface area contributed by atoms with Crippen molar-refractivity contribution in [3.8, 4) is 0 Å². The highest BCUT2D eigenvalue weighted by Crippen LogP contribution is 2.64. The minimum absolute atomic E-state index is 0.207. The van der Waals surface area contributed by atoms with Gasteiger partial charge < -0.3 is 5.11 Å². The lowest BCUT2D eigenvalue weighted by atomic mass is 10.00. The number of hydrogen-bond acceptors (Lipinski definition) is 2. The van der Waals surface area contributed by atoms with Crippen LogP contribution >= 0.6 is 0 Å². The summed E-state index contributed by atoms with van der Waals surface area (Å²) in [7, 11) is 0. The molecule has 0 amide bonds. The third kappa shape index (κ3) is 1.48. The van der Waals surface area contributed by atoms with Gasteiger partial charge in [-0.3, -0.25) is 4.98 Å². The number of para-hydroxylation sites is 1. The minimum Gasteiger partial charge on any atom is -0.396 e. The number of nitrogens with zero attached hydrogens (tertiary/aromatic N) is 1. The van der Waals surface area contributed by atoms with E-state index in [-0.39, 0.29) is 12.0 Å². The second-order valence-electron chi connectivity index (χ2n) is 5.51. The molecule has 1 heterocycles. The summed E-state index contributed by atoms with van der Waals surface area (Å²) in [4.78, 5) is 4.39. The second kappa shape index (κ2) is 3.54. The van der Waals surface area contributed by atoms with E-state index in [0.717, 1.165) is 5.52 Å². The van der Waals surface area contributed by atoms with E-state index in [1.165, 1.54) is 10.9 Å². The maximum atomic E-state index is 9.43. The molecule has 2 nitrogen and oxygen atoms in total. The Hall–Kier alpha value is -1.41. The minimum atomic E-state index is 0.207. The fraction of sp³-hybridized carbons (Fsp3) is 0.400. The summed E-state index contributed by atoms with van der Waals surface area (Å²) in [5.74, 6) is 0.841. The van der Waals surface area contributed by atoms with Gasteiger partial charge in [0.25, 0.3) is 0 Å². The Bertz CT molecular complexity index is 556. The predicted molar refractivity (Wildman–Crippen MR) is 68.8 cm³/mol. The van der Waals surface area contributed by atoms with Crippen LogP contribution in [0.15, 0.2) is 36.5 Å². The van der Waals surface area contributed by atoms with Crippen LogP contribution in [0.2, 0.25) is 0 Å². The van der Waals surface area contributed by atoms with Crippen LogP contribution in [0.3, 0.4) is 0 Å². The summed E-state index contributed by atoms with van der Waals surface area (Å²) in [6, 6.07) is 10.3. The topological polar surface area (TPSA) is 33.1 Å². The van der Waals surface area contributed by atoms with E-state index in [1.54, 1.807) is 0 Å². The number of rotatable bonds is 2. The average molecular weight is 227 g/mol. The quantitative estimate of drug-likeness (QED) is 0.855. The van der Waals surface area contributed by atoms with Gasteiger partial charge in [-0.05, 0) is 34.9 Å². The summed E-state index contributed by atoms with van der Waals surface area (Å²) < 4.78 is 0. The molecule has 2 unspecified atom stereocenters. The molecule has 1 saturated carbocycles. The van der Waals surface area contributed by atoms with E-state index in [4.69, 9.17) is 0 Å². The molecule has 1 aromatic heterocycles. The van der Waals surface area contributed by atoms with Crippen molar-refractivity contribution >= 4 is 10.9 Å². The summed E-state index contributed by atoms with van der Waals surface area (Å²) in [5.41, 5.74) is 2.59. The highest BCUT2D eigenvalue weighted by Gasteiger charge is 2.58. The zero-order valence-electron chi connectivity index (χ0n) is 10.2. The van der Waals surface area contributed by atoms with Crippen molar-refractivity contribution in [1.82, 2.24) is 4.98 Å². The Morgan fingerprint density at radius 2 is 2.00 bits per heavy atom. The monoisotopic (exact) mass is 227 g/mol. The molecule has 0 bridgehead atoms. The van der Waals surface area contributed by atoms with Crippen LogP contribution in [-0.2, 0) is 0 Å². The first-order chi connectivity index (χ1) is 8.16. The SMILES string of the molecule is CC1(C)C(CO)C1c1ccnc2ccccc12. The van der Waals surface area contributed by atoms with Gasteiger partial charge in [-0.15, -0.1) is 0 Å². The first-order valence-electron chi connectivity index (χ1n) is 6.10. The maximum absolute atomic E-state index is 9.43. The number of hydrogen-bond donors (Lipinski definition) is 1. The van der Waals surface area contributed by atoms with Gasteiger partial charge in [0.05, 0.1) is 5.52 Å². The molecule has 88 valence electrons. The molecule has 3 rings (SSSR count). The molecule has 0 spiro atoms. The maximum Gasteiger partial charge on any atom is 0.0704 e. The lowest BCUT2D eigenvalue weighted by Crippen LogP contribution is -1.93. The normalized spacial score (nSPS) is 26.1. The molecule has 2 atom stereocenters. The van der Waals surface area contributed by atoms with Gasteiger partial charge in [-0.1, -0.05) is 32.0 Å². The molecule has 0 aliphatic heterocycles. The van der Waals surface area contributed by atoms with Crippen molar-refractivity contribution in [2.24, 2.45) is 11.3 Å². The first kappa shape index (κ1) is 10.7. The fourth-order valence-corrected chi connectivity index (χ4v) is 3.09. The molecule has 2 heteroatoms. The molecule has 1 aliphatic carbocycles. The number of aliphatic hydroxyl groups is 1. The lowest BCUT2D eigenvalue weighted by molar-refractivity contribution is 0.257. The van der Waals surface area contributed by atoms with E-state index >= 15 is 0 Å². The summed E-state index contributed by atoms with van der Waals surface area (Å²) in [6.07, 6.45) is 1.88. The standard InChI is InChI=1S/C15H17NO/c1-15(2)12(9-17)14(15)11-7-8-16-13-6-4-3-5-10(11)13/h3-8,12,14,17H,9H2,1-2H3. The van der Waals surface area contributed by atoms with Crippen LogP contribution in [-0.4, -0.2) is 16.7 Å². The van der Waals surface area contributed by atoms with Crippen LogP contribution in [0.25, 0.3) is 10.9 Å². The Balaban J connectivity index is 2.14. The Labute approximate surface area is 101 Å². The first-order valence-corrected chi connectivity index (χ1v) is 6.10. The van der Waals surface area contributed by atoms with Crippen LogP contribution in [0.1, 0.15) is 25.3 Å². The molecule has 1 aromatic carbocycles. The molecule has 1 N–H and O–H groups in total. The van der Waals surface area contributed by atoms with Crippen molar-refractivity contribution < 1.29 is 5.11 Å². The number of fused-ring (bicyclic) bond motifs is 1. The predicted octanol–water partition coefficient (Wildman–Crippen LogP) is 2.97. The van der Waals surface area contributed by atoms with Gasteiger partial charge in [0.2, 0.25) is 0 Å². The van der Waals surface area contributed by atoms with E-state index < -0.39 is 0 Å². The molecular weight excluding hydrogens is 210 g/mol. The third-order valence-corrected chi connectivity index (χ3v) is 4.27. The van der Waals surface area contributed by atoms with E-state index in [9.17, 15) is 5.11 Å². The van der Waals surface area contributed by atoms with Gasteiger partial charge in [0, 0.05) is 18.2 Å². The lowest BCUT2D eigenvalue weighted by Gasteiger charge is -2.07. The van der Waals surface area contributed by atoms with E-state index in [0.29, 0.717) is 11.8 Å². The Morgan fingerprint density at radius 1 is 1.24 bits per heavy atom. The smallest absolute Gasteiger partial charge is 0.0704 e. The highest BCUT2D eigenvalue weighted by molar-refractivity contribution is 5.83. The van der Waals surface area contributed by atoms with Crippen molar-refractivity contribution in [1.29, 1.82) is 0 Å². The van der Waals surface area contributed by atoms with Crippen LogP contribution < -0.4 is 0 Å². The third-order valence-electron chi connectivity index (χ3n) is 4.27. The van der Waals surface area contributed by atoms with Crippen molar-refractivity contribution in [3.63, 3.8) is 0 Å². The highest BCUT2D eigenvalue weighted by atomic mass is 16.3. The zero-order valence-corrected chi connectivity index (χ0v) is 10.2. The van der Waals surface area contributed by atoms with Crippen LogP contribution in [0, 0.1) is 11.3 Å². The molecule has 1 fully saturated rings. The van der Waals surface area contributed by atoms with Gasteiger partial charge in [0.1, 0.15) is 0 Å². The van der Waals surface area contributed by atoms with Gasteiger partial charge in [0.15, 0.2) is 0 Å². The summed E-state index contributed by atoms with van der Waals surface area (Å²) in [5, 5.41) is 10.7. The zero-order chi connectivity index (χ0) is 12.0. The van der Waals surface area contributed by atoms with Gasteiger partial charge >= 0.3 is 0 Å². The Morgan fingerprint density at radius 3 is 2.71 bits per heavy atom. The molecule has 0 saturated heterocycles. The number of benzene rings is 1.